The molecule has 2 N–H and O–H groups in total. The van der Waals surface area contributed by atoms with E-state index >= 15 is 0 Å². The second-order valence-electron chi connectivity index (χ2n) is 5.34. The molecule has 1 aliphatic heterocycles. The fraction of sp³-hybridized carbons (Fsp3) is 0.312. The summed E-state index contributed by atoms with van der Waals surface area (Å²) in [5, 5.41) is 0. The monoisotopic (exact) mass is 286 g/mol. The summed E-state index contributed by atoms with van der Waals surface area (Å²) in [6.07, 6.45) is 3.68. The van der Waals surface area contributed by atoms with E-state index in [1.165, 1.54) is 11.6 Å². The molecule has 1 fully saturated rings. The molecule has 4 nitrogen and oxygen atoms in total. The number of aromatic nitrogens is 1. The van der Waals surface area contributed by atoms with Gasteiger partial charge in [0.2, 0.25) is 0 Å². The average molecular weight is 286 g/mol. The number of rotatable bonds is 3. The van der Waals surface area contributed by atoms with Gasteiger partial charge < -0.3 is 10.6 Å². The fourth-order valence-corrected chi connectivity index (χ4v) is 2.68. The van der Waals surface area contributed by atoms with Crippen LogP contribution >= 0.6 is 0 Å². The van der Waals surface area contributed by atoms with E-state index in [0.717, 1.165) is 32.7 Å². The molecule has 0 atom stereocenters. The van der Waals surface area contributed by atoms with E-state index in [2.05, 4.69) is 20.9 Å². The van der Waals surface area contributed by atoms with E-state index in [0.29, 0.717) is 11.4 Å². The highest BCUT2D eigenvalue weighted by Gasteiger charge is 2.19. The standard InChI is InChI=1S/C16H19FN4/c17-15-10-14(18)3-4-16(15)21-8-6-20(7-9-21)12-13-2-1-5-19-11-13/h1-5,10-11H,6-9,12,18H2. The first-order valence-corrected chi connectivity index (χ1v) is 7.13. The first-order valence-electron chi connectivity index (χ1n) is 7.13. The molecule has 21 heavy (non-hydrogen) atoms. The highest BCUT2D eigenvalue weighted by molar-refractivity contribution is 5.54. The Kier molecular flexibility index (Phi) is 4.01. The molecule has 0 amide bonds. The Bertz CT molecular complexity index is 594. The Morgan fingerprint density at radius 2 is 1.95 bits per heavy atom. The van der Waals surface area contributed by atoms with Crippen molar-refractivity contribution in [2.24, 2.45) is 0 Å². The van der Waals surface area contributed by atoms with Gasteiger partial charge in [-0.05, 0) is 29.8 Å². The van der Waals surface area contributed by atoms with Crippen LogP contribution < -0.4 is 10.6 Å². The Morgan fingerprint density at radius 1 is 1.14 bits per heavy atom. The van der Waals surface area contributed by atoms with Crippen LogP contribution in [0.3, 0.4) is 0 Å². The average Bonchev–Trinajstić information content (AvgIpc) is 2.49. The van der Waals surface area contributed by atoms with Gasteiger partial charge in [0.15, 0.2) is 0 Å². The lowest BCUT2D eigenvalue weighted by Crippen LogP contribution is -2.46. The van der Waals surface area contributed by atoms with Crippen LogP contribution in [0.5, 0.6) is 0 Å². The van der Waals surface area contributed by atoms with Crippen LogP contribution in [0.25, 0.3) is 0 Å². The lowest BCUT2D eigenvalue weighted by Gasteiger charge is -2.36. The molecule has 1 aromatic carbocycles. The van der Waals surface area contributed by atoms with Crippen LogP contribution in [0.1, 0.15) is 5.56 Å². The maximum atomic E-state index is 13.9. The maximum Gasteiger partial charge on any atom is 0.148 e. The van der Waals surface area contributed by atoms with Gasteiger partial charge in [-0.1, -0.05) is 6.07 Å². The van der Waals surface area contributed by atoms with Crippen LogP contribution in [-0.4, -0.2) is 36.1 Å². The largest absolute Gasteiger partial charge is 0.399 e. The second kappa shape index (κ2) is 6.10. The Labute approximate surface area is 124 Å². The summed E-state index contributed by atoms with van der Waals surface area (Å²) in [4.78, 5) is 8.58. The zero-order valence-corrected chi connectivity index (χ0v) is 11.9. The fourth-order valence-electron chi connectivity index (χ4n) is 2.68. The summed E-state index contributed by atoms with van der Waals surface area (Å²) in [5.41, 5.74) is 7.91. The number of nitrogens with zero attached hydrogens (tertiary/aromatic N) is 3. The number of piperazine rings is 1. The van der Waals surface area contributed by atoms with Gasteiger partial charge in [0.25, 0.3) is 0 Å². The maximum absolute atomic E-state index is 13.9. The lowest BCUT2D eigenvalue weighted by atomic mass is 10.2. The lowest BCUT2D eigenvalue weighted by molar-refractivity contribution is 0.249. The number of anilines is 2. The van der Waals surface area contributed by atoms with Gasteiger partial charge in [-0.2, -0.15) is 0 Å². The normalized spacial score (nSPS) is 16.1. The van der Waals surface area contributed by atoms with Crippen LogP contribution in [-0.2, 0) is 6.54 Å². The van der Waals surface area contributed by atoms with E-state index < -0.39 is 0 Å². The molecule has 0 bridgehead atoms. The van der Waals surface area contributed by atoms with Crippen molar-refractivity contribution in [1.29, 1.82) is 0 Å². The van der Waals surface area contributed by atoms with Crippen molar-refractivity contribution >= 4 is 11.4 Å². The summed E-state index contributed by atoms with van der Waals surface area (Å²) >= 11 is 0. The van der Waals surface area contributed by atoms with Crippen molar-refractivity contribution in [2.45, 2.75) is 6.54 Å². The SMILES string of the molecule is Nc1ccc(N2CCN(Cc3cccnc3)CC2)c(F)c1. The summed E-state index contributed by atoms with van der Waals surface area (Å²) in [6.45, 7) is 4.37. The molecule has 2 heterocycles. The smallest absolute Gasteiger partial charge is 0.148 e. The van der Waals surface area contributed by atoms with Crippen molar-refractivity contribution in [2.75, 3.05) is 36.8 Å². The molecule has 3 rings (SSSR count). The quantitative estimate of drug-likeness (QED) is 0.878. The molecule has 2 aromatic rings. The summed E-state index contributed by atoms with van der Waals surface area (Å²) in [6, 6.07) is 8.94. The molecule has 1 aromatic heterocycles. The molecule has 110 valence electrons. The third-order valence-electron chi connectivity index (χ3n) is 3.81. The van der Waals surface area contributed by atoms with E-state index in [-0.39, 0.29) is 5.82 Å². The van der Waals surface area contributed by atoms with Gasteiger partial charge in [0.1, 0.15) is 5.82 Å². The molecular formula is C16H19FN4. The molecule has 0 spiro atoms. The van der Waals surface area contributed by atoms with Gasteiger partial charge in [0, 0.05) is 50.8 Å². The number of hydrogen-bond acceptors (Lipinski definition) is 4. The van der Waals surface area contributed by atoms with Crippen molar-refractivity contribution in [3.05, 3.63) is 54.1 Å². The molecule has 1 aliphatic rings. The topological polar surface area (TPSA) is 45.4 Å². The minimum atomic E-state index is -0.240. The third kappa shape index (κ3) is 3.31. The molecule has 1 saturated heterocycles. The molecule has 0 radical (unpaired) electrons. The van der Waals surface area contributed by atoms with Gasteiger partial charge in [0.05, 0.1) is 5.69 Å². The summed E-state index contributed by atoms with van der Waals surface area (Å²) < 4.78 is 13.9. The van der Waals surface area contributed by atoms with Gasteiger partial charge in [-0.25, -0.2) is 4.39 Å². The van der Waals surface area contributed by atoms with Crippen LogP contribution in [0.15, 0.2) is 42.7 Å². The second-order valence-corrected chi connectivity index (χ2v) is 5.34. The Balaban J connectivity index is 1.60. The van der Waals surface area contributed by atoms with E-state index in [4.69, 9.17) is 5.73 Å². The van der Waals surface area contributed by atoms with Crippen molar-refractivity contribution in [3.63, 3.8) is 0 Å². The van der Waals surface area contributed by atoms with Crippen molar-refractivity contribution < 1.29 is 4.39 Å². The number of halogens is 1. The number of hydrogen-bond donors (Lipinski definition) is 1. The zero-order valence-electron chi connectivity index (χ0n) is 11.9. The van der Waals surface area contributed by atoms with E-state index in [1.807, 2.05) is 12.3 Å². The molecule has 0 unspecified atom stereocenters. The highest BCUT2D eigenvalue weighted by atomic mass is 19.1. The predicted molar refractivity (Wildman–Crippen MR) is 82.5 cm³/mol. The van der Waals surface area contributed by atoms with Gasteiger partial charge in [-0.15, -0.1) is 0 Å². The number of pyridine rings is 1. The number of nitrogen functional groups attached to an aromatic ring is 1. The first kappa shape index (κ1) is 13.8. The molecule has 0 saturated carbocycles. The Hall–Kier alpha value is -2.14. The molecular weight excluding hydrogens is 267 g/mol. The molecule has 0 aliphatic carbocycles. The number of nitrogens with two attached hydrogens (primary N) is 1. The predicted octanol–water partition coefficient (Wildman–Crippen LogP) is 2.13. The van der Waals surface area contributed by atoms with Crippen molar-refractivity contribution in [1.82, 2.24) is 9.88 Å². The van der Waals surface area contributed by atoms with Crippen LogP contribution in [0.2, 0.25) is 0 Å². The van der Waals surface area contributed by atoms with E-state index in [9.17, 15) is 4.39 Å². The highest BCUT2D eigenvalue weighted by Crippen LogP contribution is 2.23. The number of benzene rings is 1. The van der Waals surface area contributed by atoms with Gasteiger partial charge >= 0.3 is 0 Å². The van der Waals surface area contributed by atoms with Crippen LogP contribution in [0.4, 0.5) is 15.8 Å². The minimum absolute atomic E-state index is 0.240. The van der Waals surface area contributed by atoms with Gasteiger partial charge in [-0.3, -0.25) is 9.88 Å². The van der Waals surface area contributed by atoms with Crippen molar-refractivity contribution in [3.8, 4) is 0 Å². The summed E-state index contributed by atoms with van der Waals surface area (Å²) in [7, 11) is 0. The minimum Gasteiger partial charge on any atom is -0.399 e. The first-order chi connectivity index (χ1) is 10.2. The van der Waals surface area contributed by atoms with Crippen LogP contribution in [0, 0.1) is 5.82 Å². The zero-order chi connectivity index (χ0) is 14.7. The Morgan fingerprint density at radius 3 is 2.62 bits per heavy atom. The molecule has 5 heteroatoms. The summed E-state index contributed by atoms with van der Waals surface area (Å²) in [5.74, 6) is -0.240. The third-order valence-corrected chi connectivity index (χ3v) is 3.81. The van der Waals surface area contributed by atoms with E-state index in [1.54, 1.807) is 18.3 Å².